The van der Waals surface area contributed by atoms with E-state index in [1.165, 1.54) is 0 Å². The molecular formula is C25H27NO5. The molecule has 0 unspecified atom stereocenters. The van der Waals surface area contributed by atoms with Crippen LogP contribution in [0, 0.1) is 13.8 Å². The van der Waals surface area contributed by atoms with Crippen molar-refractivity contribution in [2.45, 2.75) is 33.7 Å². The lowest BCUT2D eigenvalue weighted by Crippen LogP contribution is -2.27. The van der Waals surface area contributed by atoms with E-state index in [2.05, 4.69) is 11.9 Å². The second-order valence-corrected chi connectivity index (χ2v) is 7.68. The maximum absolute atomic E-state index is 12.6. The molecule has 6 heteroatoms. The van der Waals surface area contributed by atoms with Gasteiger partial charge in [-0.3, -0.25) is 4.79 Å². The second-order valence-electron chi connectivity index (χ2n) is 7.68. The smallest absolute Gasteiger partial charge is 0.340 e. The summed E-state index contributed by atoms with van der Waals surface area (Å²) in [6.07, 6.45) is -0.0753. The van der Waals surface area contributed by atoms with Gasteiger partial charge in [-0.05, 0) is 67.3 Å². The molecule has 0 aliphatic rings. The number of methoxy groups -OCH3 is 1. The van der Waals surface area contributed by atoms with Crippen molar-refractivity contribution in [3.05, 3.63) is 81.2 Å². The highest BCUT2D eigenvalue weighted by atomic mass is 16.5. The van der Waals surface area contributed by atoms with Crippen LogP contribution >= 0.6 is 0 Å². The summed E-state index contributed by atoms with van der Waals surface area (Å²) >= 11 is 0. The minimum Gasteiger partial charge on any atom is -0.497 e. The molecule has 3 rings (SSSR count). The quantitative estimate of drug-likeness (QED) is 0.435. The van der Waals surface area contributed by atoms with E-state index >= 15 is 0 Å². The van der Waals surface area contributed by atoms with Crippen LogP contribution in [0.15, 0.2) is 57.8 Å². The molecule has 0 saturated heterocycles. The zero-order valence-electron chi connectivity index (χ0n) is 18.3. The SMILES string of the molecule is C=C(C)COc1cc(C)cc2oc(=O)c(CC(=O)NCc3ccc(OC)cc3)c(C)c12. The first-order valence-corrected chi connectivity index (χ1v) is 10.0. The molecule has 162 valence electrons. The van der Waals surface area contributed by atoms with Gasteiger partial charge in [0.15, 0.2) is 0 Å². The van der Waals surface area contributed by atoms with Crippen molar-refractivity contribution in [1.82, 2.24) is 5.32 Å². The molecule has 1 amide bonds. The third-order valence-electron chi connectivity index (χ3n) is 4.95. The predicted octanol–water partition coefficient (Wildman–Crippen LogP) is 4.23. The fourth-order valence-corrected chi connectivity index (χ4v) is 3.32. The number of amides is 1. The van der Waals surface area contributed by atoms with Gasteiger partial charge in [0.1, 0.15) is 23.7 Å². The van der Waals surface area contributed by atoms with Gasteiger partial charge >= 0.3 is 5.63 Å². The van der Waals surface area contributed by atoms with E-state index in [9.17, 15) is 9.59 Å². The zero-order chi connectivity index (χ0) is 22.5. The summed E-state index contributed by atoms with van der Waals surface area (Å²) in [7, 11) is 1.60. The van der Waals surface area contributed by atoms with Gasteiger partial charge in [0.2, 0.25) is 5.91 Å². The monoisotopic (exact) mass is 421 g/mol. The highest BCUT2D eigenvalue weighted by molar-refractivity contribution is 5.89. The Morgan fingerprint density at radius 1 is 1.16 bits per heavy atom. The fraction of sp³-hybridized carbons (Fsp3) is 0.280. The molecule has 3 aromatic rings. The molecule has 6 nitrogen and oxygen atoms in total. The first kappa shape index (κ1) is 22.2. The Hall–Kier alpha value is -3.54. The number of ether oxygens (including phenoxy) is 2. The number of rotatable bonds is 8. The summed E-state index contributed by atoms with van der Waals surface area (Å²) in [5.41, 5.74) is 3.66. The Morgan fingerprint density at radius 3 is 2.52 bits per heavy atom. The normalized spacial score (nSPS) is 10.7. The molecule has 1 heterocycles. The lowest BCUT2D eigenvalue weighted by molar-refractivity contribution is -0.120. The van der Waals surface area contributed by atoms with Crippen molar-refractivity contribution in [2.24, 2.45) is 0 Å². The van der Waals surface area contributed by atoms with Crippen LogP contribution in [0.3, 0.4) is 0 Å². The minimum atomic E-state index is -0.513. The topological polar surface area (TPSA) is 77.8 Å². The molecule has 0 atom stereocenters. The summed E-state index contributed by atoms with van der Waals surface area (Å²) < 4.78 is 16.6. The number of nitrogens with one attached hydrogen (secondary N) is 1. The molecule has 0 spiro atoms. The van der Waals surface area contributed by atoms with E-state index in [4.69, 9.17) is 13.9 Å². The summed E-state index contributed by atoms with van der Waals surface area (Å²) in [6.45, 7) is 10.2. The van der Waals surface area contributed by atoms with Crippen LogP contribution in [0.25, 0.3) is 11.0 Å². The predicted molar refractivity (Wildman–Crippen MR) is 121 cm³/mol. The van der Waals surface area contributed by atoms with Gasteiger partial charge in [-0.15, -0.1) is 0 Å². The van der Waals surface area contributed by atoms with Crippen molar-refractivity contribution >= 4 is 16.9 Å². The van der Waals surface area contributed by atoms with E-state index in [0.717, 1.165) is 22.4 Å². The molecule has 0 fully saturated rings. The molecule has 1 aromatic heterocycles. The van der Waals surface area contributed by atoms with Gasteiger partial charge in [-0.25, -0.2) is 4.79 Å². The zero-order valence-corrected chi connectivity index (χ0v) is 18.3. The van der Waals surface area contributed by atoms with Crippen molar-refractivity contribution < 1.29 is 18.7 Å². The van der Waals surface area contributed by atoms with Crippen LogP contribution in [-0.2, 0) is 17.8 Å². The highest BCUT2D eigenvalue weighted by Crippen LogP contribution is 2.31. The number of carbonyl (C=O) groups is 1. The Kier molecular flexibility index (Phi) is 6.80. The molecule has 2 aromatic carbocycles. The number of hydrogen-bond donors (Lipinski definition) is 1. The molecule has 0 aliphatic carbocycles. The first-order valence-electron chi connectivity index (χ1n) is 10.0. The largest absolute Gasteiger partial charge is 0.497 e. The van der Waals surface area contributed by atoms with E-state index in [1.54, 1.807) is 13.2 Å². The summed E-state index contributed by atoms with van der Waals surface area (Å²) in [4.78, 5) is 25.2. The first-order chi connectivity index (χ1) is 14.8. The average Bonchev–Trinajstić information content (AvgIpc) is 2.73. The number of hydrogen-bond acceptors (Lipinski definition) is 5. The molecule has 0 saturated carbocycles. The molecule has 31 heavy (non-hydrogen) atoms. The van der Waals surface area contributed by atoms with Gasteiger partial charge in [0.25, 0.3) is 0 Å². The van der Waals surface area contributed by atoms with Crippen LogP contribution < -0.4 is 20.4 Å². The van der Waals surface area contributed by atoms with E-state index in [1.807, 2.05) is 51.1 Å². The lowest BCUT2D eigenvalue weighted by atomic mass is 10.0. The van der Waals surface area contributed by atoms with Crippen LogP contribution in [0.4, 0.5) is 0 Å². The average molecular weight is 421 g/mol. The Balaban J connectivity index is 1.84. The van der Waals surface area contributed by atoms with Gasteiger partial charge in [-0.1, -0.05) is 18.7 Å². The Morgan fingerprint density at radius 2 is 1.87 bits per heavy atom. The fourth-order valence-electron chi connectivity index (χ4n) is 3.32. The summed E-state index contributed by atoms with van der Waals surface area (Å²) in [6, 6.07) is 11.1. The molecule has 1 N–H and O–H groups in total. The van der Waals surface area contributed by atoms with Crippen LogP contribution in [0.2, 0.25) is 0 Å². The molecule has 0 radical (unpaired) electrons. The van der Waals surface area contributed by atoms with Gasteiger partial charge in [0.05, 0.1) is 24.5 Å². The van der Waals surface area contributed by atoms with Gasteiger partial charge in [0, 0.05) is 6.54 Å². The number of fused-ring (bicyclic) bond motifs is 1. The second kappa shape index (κ2) is 9.51. The van der Waals surface area contributed by atoms with Crippen LogP contribution in [0.1, 0.15) is 29.2 Å². The van der Waals surface area contributed by atoms with Crippen molar-refractivity contribution in [1.29, 1.82) is 0 Å². The lowest BCUT2D eigenvalue weighted by Gasteiger charge is -2.14. The minimum absolute atomic E-state index is 0.0753. The third kappa shape index (κ3) is 5.34. The molecule has 0 bridgehead atoms. The Labute approximate surface area is 181 Å². The Bertz CT molecular complexity index is 1180. The van der Waals surface area contributed by atoms with E-state index in [0.29, 0.717) is 41.0 Å². The number of benzene rings is 2. The van der Waals surface area contributed by atoms with E-state index < -0.39 is 5.63 Å². The van der Waals surface area contributed by atoms with E-state index in [-0.39, 0.29) is 12.3 Å². The number of aryl methyl sites for hydroxylation is 2. The van der Waals surface area contributed by atoms with Crippen molar-refractivity contribution in [3.8, 4) is 11.5 Å². The molecular weight excluding hydrogens is 394 g/mol. The molecule has 0 aliphatic heterocycles. The van der Waals surface area contributed by atoms with Gasteiger partial charge < -0.3 is 19.2 Å². The maximum Gasteiger partial charge on any atom is 0.340 e. The summed E-state index contributed by atoms with van der Waals surface area (Å²) in [5, 5.41) is 3.55. The standard InChI is InChI=1S/C25H27NO5/c1-15(2)14-30-21-10-16(3)11-22-24(21)17(4)20(25(28)31-22)12-23(27)26-13-18-6-8-19(29-5)9-7-18/h6-11H,1,12-14H2,2-5H3,(H,26,27). The summed E-state index contributed by atoms with van der Waals surface area (Å²) in [5.74, 6) is 1.10. The van der Waals surface area contributed by atoms with Crippen LogP contribution in [0.5, 0.6) is 11.5 Å². The van der Waals surface area contributed by atoms with Crippen molar-refractivity contribution in [2.75, 3.05) is 13.7 Å². The van der Waals surface area contributed by atoms with Gasteiger partial charge in [-0.2, -0.15) is 0 Å². The van der Waals surface area contributed by atoms with Crippen molar-refractivity contribution in [3.63, 3.8) is 0 Å². The third-order valence-corrected chi connectivity index (χ3v) is 4.95. The van der Waals surface area contributed by atoms with Crippen LogP contribution in [-0.4, -0.2) is 19.6 Å². The maximum atomic E-state index is 12.6. The number of carbonyl (C=O) groups excluding carboxylic acids is 1. The highest BCUT2D eigenvalue weighted by Gasteiger charge is 2.18.